The van der Waals surface area contributed by atoms with Crippen LogP contribution < -0.4 is 0 Å². The maximum atomic E-state index is 13.2. The van der Waals surface area contributed by atoms with Crippen LogP contribution in [0.4, 0.5) is 0 Å². The van der Waals surface area contributed by atoms with Crippen LogP contribution in [0.2, 0.25) is 0 Å². The topological polar surface area (TPSA) is 57.0 Å². The van der Waals surface area contributed by atoms with Crippen molar-refractivity contribution < 1.29 is 14.0 Å². The molecule has 2 saturated heterocycles. The average molecular weight is 367 g/mol. The molecule has 0 spiro atoms. The molecule has 2 aromatic rings. The monoisotopic (exact) mass is 367 g/mol. The quantitative estimate of drug-likeness (QED) is 0.832. The predicted octanol–water partition coefficient (Wildman–Crippen LogP) is 2.23. The van der Waals surface area contributed by atoms with Gasteiger partial charge in [-0.3, -0.25) is 14.5 Å². The summed E-state index contributed by atoms with van der Waals surface area (Å²) in [5.41, 5.74) is 1.22. The van der Waals surface area contributed by atoms with E-state index >= 15 is 0 Å². The molecular formula is C21H25N3O3. The standard InChI is InChI=1S/C21H25N3O3/c25-20(23-10-4-5-11-23)18-16-22(15-17-7-2-1-3-8-17)12-13-24(18)21(26)19-9-6-14-27-19/h1-3,6-9,14,18H,4-5,10-13,15-16H2. The molecule has 2 aliphatic rings. The molecule has 6 nitrogen and oxygen atoms in total. The minimum atomic E-state index is -0.460. The molecule has 2 fully saturated rings. The van der Waals surface area contributed by atoms with E-state index in [1.54, 1.807) is 17.0 Å². The van der Waals surface area contributed by atoms with E-state index in [1.807, 2.05) is 23.1 Å². The van der Waals surface area contributed by atoms with E-state index in [0.29, 0.717) is 18.8 Å². The van der Waals surface area contributed by atoms with Gasteiger partial charge in [-0.05, 0) is 30.5 Å². The highest BCUT2D eigenvalue weighted by atomic mass is 16.3. The number of hydrogen-bond donors (Lipinski definition) is 0. The van der Waals surface area contributed by atoms with Gasteiger partial charge in [0.25, 0.3) is 5.91 Å². The number of hydrogen-bond acceptors (Lipinski definition) is 4. The molecule has 0 N–H and O–H groups in total. The highest BCUT2D eigenvalue weighted by Crippen LogP contribution is 2.20. The van der Waals surface area contributed by atoms with Gasteiger partial charge in [-0.1, -0.05) is 30.3 Å². The average Bonchev–Trinajstić information content (AvgIpc) is 3.42. The molecule has 1 aromatic heterocycles. The van der Waals surface area contributed by atoms with Gasteiger partial charge in [-0.2, -0.15) is 0 Å². The molecule has 1 unspecified atom stereocenters. The Bertz CT molecular complexity index is 769. The lowest BCUT2D eigenvalue weighted by Crippen LogP contribution is -2.60. The van der Waals surface area contributed by atoms with Gasteiger partial charge in [0.15, 0.2) is 5.76 Å². The second-order valence-corrected chi connectivity index (χ2v) is 7.24. The summed E-state index contributed by atoms with van der Waals surface area (Å²) < 4.78 is 5.29. The van der Waals surface area contributed by atoms with Crippen molar-refractivity contribution in [3.8, 4) is 0 Å². The summed E-state index contributed by atoms with van der Waals surface area (Å²) in [5.74, 6) is 0.160. The van der Waals surface area contributed by atoms with Gasteiger partial charge < -0.3 is 14.2 Å². The number of carbonyl (C=O) groups excluding carboxylic acids is 2. The van der Waals surface area contributed by atoms with Crippen LogP contribution in [0.15, 0.2) is 53.1 Å². The van der Waals surface area contributed by atoms with Crippen LogP contribution >= 0.6 is 0 Å². The smallest absolute Gasteiger partial charge is 0.290 e. The fourth-order valence-corrected chi connectivity index (χ4v) is 3.97. The Kier molecular flexibility index (Phi) is 5.25. The van der Waals surface area contributed by atoms with Crippen LogP contribution in [0, 0.1) is 0 Å². The SMILES string of the molecule is O=C(C1CN(Cc2ccccc2)CCN1C(=O)c1ccco1)N1CCCC1. The fourth-order valence-electron chi connectivity index (χ4n) is 3.97. The first-order valence-electron chi connectivity index (χ1n) is 9.62. The van der Waals surface area contributed by atoms with Crippen molar-refractivity contribution in [2.45, 2.75) is 25.4 Å². The zero-order valence-electron chi connectivity index (χ0n) is 15.4. The van der Waals surface area contributed by atoms with Gasteiger partial charge in [0.2, 0.25) is 5.91 Å². The van der Waals surface area contributed by atoms with Crippen molar-refractivity contribution in [2.75, 3.05) is 32.7 Å². The molecule has 0 bridgehead atoms. The number of carbonyl (C=O) groups is 2. The van der Waals surface area contributed by atoms with Crippen molar-refractivity contribution >= 4 is 11.8 Å². The van der Waals surface area contributed by atoms with Gasteiger partial charge in [0, 0.05) is 39.3 Å². The zero-order chi connectivity index (χ0) is 18.6. The molecule has 0 radical (unpaired) electrons. The van der Waals surface area contributed by atoms with Crippen LogP contribution in [0.25, 0.3) is 0 Å². The van der Waals surface area contributed by atoms with Gasteiger partial charge in [0.1, 0.15) is 6.04 Å². The maximum Gasteiger partial charge on any atom is 0.290 e. The van der Waals surface area contributed by atoms with E-state index < -0.39 is 6.04 Å². The summed E-state index contributed by atoms with van der Waals surface area (Å²) in [5, 5.41) is 0. The van der Waals surface area contributed by atoms with Crippen molar-refractivity contribution in [3.05, 3.63) is 60.1 Å². The number of likely N-dealkylation sites (tertiary alicyclic amines) is 1. The second kappa shape index (κ2) is 7.96. The van der Waals surface area contributed by atoms with E-state index in [4.69, 9.17) is 4.42 Å². The van der Waals surface area contributed by atoms with E-state index in [1.165, 1.54) is 11.8 Å². The van der Waals surface area contributed by atoms with Gasteiger partial charge in [-0.25, -0.2) is 0 Å². The second-order valence-electron chi connectivity index (χ2n) is 7.24. The lowest BCUT2D eigenvalue weighted by atomic mass is 10.1. The third-order valence-corrected chi connectivity index (χ3v) is 5.41. The zero-order valence-corrected chi connectivity index (χ0v) is 15.4. The highest BCUT2D eigenvalue weighted by Gasteiger charge is 2.39. The van der Waals surface area contributed by atoms with Crippen molar-refractivity contribution in [1.82, 2.24) is 14.7 Å². The number of nitrogens with zero attached hydrogens (tertiary/aromatic N) is 3. The Balaban J connectivity index is 1.52. The normalized spacial score (nSPS) is 20.8. The molecule has 3 heterocycles. The van der Waals surface area contributed by atoms with Gasteiger partial charge in [-0.15, -0.1) is 0 Å². The van der Waals surface area contributed by atoms with E-state index in [0.717, 1.165) is 39.0 Å². The molecule has 1 aromatic carbocycles. The molecular weight excluding hydrogens is 342 g/mol. The van der Waals surface area contributed by atoms with E-state index in [9.17, 15) is 9.59 Å². The Morgan fingerprint density at radius 1 is 0.963 bits per heavy atom. The van der Waals surface area contributed by atoms with Gasteiger partial charge in [0.05, 0.1) is 6.26 Å². The number of piperazine rings is 1. The molecule has 2 aliphatic heterocycles. The fraction of sp³-hybridized carbons (Fsp3) is 0.429. The summed E-state index contributed by atoms with van der Waals surface area (Å²) in [6, 6.07) is 13.2. The molecule has 0 saturated carbocycles. The minimum Gasteiger partial charge on any atom is -0.459 e. The van der Waals surface area contributed by atoms with E-state index in [-0.39, 0.29) is 11.8 Å². The summed E-state index contributed by atoms with van der Waals surface area (Å²) in [7, 11) is 0. The molecule has 1 atom stereocenters. The molecule has 27 heavy (non-hydrogen) atoms. The Hall–Kier alpha value is -2.60. The highest BCUT2D eigenvalue weighted by molar-refractivity contribution is 5.95. The molecule has 6 heteroatoms. The number of rotatable bonds is 4. The first-order chi connectivity index (χ1) is 13.2. The lowest BCUT2D eigenvalue weighted by Gasteiger charge is -2.41. The third kappa shape index (κ3) is 3.90. The predicted molar refractivity (Wildman–Crippen MR) is 101 cm³/mol. The first-order valence-corrected chi connectivity index (χ1v) is 9.62. The summed E-state index contributed by atoms with van der Waals surface area (Å²) in [6.07, 6.45) is 3.58. The van der Waals surface area contributed by atoms with Crippen molar-refractivity contribution in [3.63, 3.8) is 0 Å². The number of furan rings is 1. The maximum absolute atomic E-state index is 13.2. The molecule has 4 rings (SSSR count). The molecule has 0 aliphatic carbocycles. The summed E-state index contributed by atoms with van der Waals surface area (Å²) in [6.45, 7) is 4.18. The largest absolute Gasteiger partial charge is 0.459 e. The van der Waals surface area contributed by atoms with Crippen LogP contribution in [-0.2, 0) is 11.3 Å². The Morgan fingerprint density at radius 3 is 2.44 bits per heavy atom. The Labute approximate surface area is 159 Å². The molecule has 2 amide bonds. The lowest BCUT2D eigenvalue weighted by molar-refractivity contribution is -0.137. The third-order valence-electron chi connectivity index (χ3n) is 5.41. The summed E-state index contributed by atoms with van der Waals surface area (Å²) >= 11 is 0. The number of benzene rings is 1. The van der Waals surface area contributed by atoms with Crippen molar-refractivity contribution in [1.29, 1.82) is 0 Å². The van der Waals surface area contributed by atoms with Crippen LogP contribution in [0.1, 0.15) is 29.0 Å². The van der Waals surface area contributed by atoms with Crippen LogP contribution in [0.5, 0.6) is 0 Å². The minimum absolute atomic E-state index is 0.0603. The van der Waals surface area contributed by atoms with E-state index in [2.05, 4.69) is 17.0 Å². The van der Waals surface area contributed by atoms with Crippen LogP contribution in [-0.4, -0.2) is 65.3 Å². The van der Waals surface area contributed by atoms with Crippen molar-refractivity contribution in [2.24, 2.45) is 0 Å². The molecule has 142 valence electrons. The first kappa shape index (κ1) is 17.8. The number of amides is 2. The Morgan fingerprint density at radius 2 is 1.74 bits per heavy atom. The van der Waals surface area contributed by atoms with Crippen LogP contribution in [0.3, 0.4) is 0 Å². The summed E-state index contributed by atoms with van der Waals surface area (Å²) in [4.78, 5) is 31.9. The van der Waals surface area contributed by atoms with Gasteiger partial charge >= 0.3 is 0 Å².